The average Bonchev–Trinajstić information content (AvgIpc) is 1.67. The van der Waals surface area contributed by atoms with Crippen molar-refractivity contribution < 1.29 is 59.8 Å². The summed E-state index contributed by atoms with van der Waals surface area (Å²) in [6.07, 6.45) is 26.7. The number of methoxy groups -OCH3 is 1. The van der Waals surface area contributed by atoms with Crippen molar-refractivity contribution in [2.75, 3.05) is 33.7 Å². The van der Waals surface area contributed by atoms with Gasteiger partial charge in [0.25, 0.3) is 29.5 Å². The Kier molecular flexibility index (Phi) is 30.8. The highest BCUT2D eigenvalue weighted by Gasteiger charge is 2.34. The van der Waals surface area contributed by atoms with Gasteiger partial charge >= 0.3 is 12.5 Å². The second-order valence-electron chi connectivity index (χ2n) is 31.2. The van der Waals surface area contributed by atoms with Crippen LogP contribution in [-0.2, 0) is 6.18 Å². The van der Waals surface area contributed by atoms with Crippen molar-refractivity contribution in [3.63, 3.8) is 0 Å². The molecule has 0 fully saturated rings. The summed E-state index contributed by atoms with van der Waals surface area (Å²) >= 11 is 0. The molecule has 0 atom stereocenters. The van der Waals surface area contributed by atoms with E-state index in [-0.39, 0.29) is 40.5 Å². The van der Waals surface area contributed by atoms with E-state index in [9.17, 15) is 50.3 Å². The maximum absolute atomic E-state index is 12.6. The molecule has 5 N–H and O–H groups in total. The molecule has 0 unspecified atom stereocenters. The van der Waals surface area contributed by atoms with Crippen LogP contribution in [0.1, 0.15) is 86.0 Å². The lowest BCUT2D eigenvalue weighted by atomic mass is 10.2. The molecule has 5 amide bonds. The number of nitrogens with one attached hydrogen (secondary N) is 5. The van der Waals surface area contributed by atoms with Crippen molar-refractivity contribution in [2.45, 2.75) is 47.2 Å². The van der Waals surface area contributed by atoms with E-state index in [1.165, 1.54) is 50.5 Å². The van der Waals surface area contributed by atoms with Crippen molar-refractivity contribution in [3.05, 3.63) is 405 Å². The summed E-state index contributed by atoms with van der Waals surface area (Å²) in [5.74, 6) is -0.432. The van der Waals surface area contributed by atoms with Crippen LogP contribution in [0.25, 0.3) is 84.7 Å². The van der Waals surface area contributed by atoms with Crippen LogP contribution in [0.15, 0.2) is 343 Å². The van der Waals surface area contributed by atoms with Gasteiger partial charge in [0, 0.05) is 174 Å². The van der Waals surface area contributed by atoms with Gasteiger partial charge in [-0.15, -0.1) is 13.2 Å². The highest BCUT2D eigenvalue weighted by atomic mass is 19.4. The summed E-state index contributed by atoms with van der Waals surface area (Å²) in [7, 11) is 1.52. The number of anilines is 5. The highest BCUT2D eigenvalue weighted by molar-refractivity contribution is 6.06. The fraction of sp³-hybridized carbons (Fsp3) is 0.0784. The van der Waals surface area contributed by atoms with Gasteiger partial charge in [-0.05, 0) is 223 Å². The number of aryl methyl sites for hydroxylation is 5. The second-order valence-corrected chi connectivity index (χ2v) is 31.2. The minimum atomic E-state index is -4.85. The van der Waals surface area contributed by atoms with E-state index in [4.69, 9.17) is 4.74 Å². The molecular weight excluding hydrogens is 1890 g/mol. The quantitative estimate of drug-likeness (QED) is 0.0393. The fourth-order valence-corrected chi connectivity index (χ4v) is 13.8. The van der Waals surface area contributed by atoms with E-state index in [1.54, 1.807) is 178 Å². The molecule has 0 aliphatic heterocycles. The Bertz CT molecular complexity index is 7660. The minimum Gasteiger partial charge on any atom is -0.481 e. The van der Waals surface area contributed by atoms with Crippen molar-refractivity contribution in [2.24, 2.45) is 0 Å². The topological polar surface area (TPSA) is 459 Å². The molecule has 0 radical (unpaired) electrons. The number of hydrogen-bond donors (Lipinski definition) is 5. The number of nitrogens with zero attached hydrogens (tertiary/aromatic N) is 26. The van der Waals surface area contributed by atoms with E-state index in [0.29, 0.717) is 51.4 Å². The predicted molar refractivity (Wildman–Crippen MR) is 524 cm³/mol. The van der Waals surface area contributed by atoms with Crippen molar-refractivity contribution in [1.82, 2.24) is 129 Å². The first-order chi connectivity index (χ1) is 70.6. The largest absolute Gasteiger partial charge is 0.574 e. The number of rotatable bonds is 22. The molecule has 0 saturated heterocycles. The lowest BCUT2D eigenvalue weighted by Crippen LogP contribution is -2.18. The van der Waals surface area contributed by atoms with E-state index >= 15 is 0 Å². The van der Waals surface area contributed by atoms with Crippen LogP contribution in [-0.4, -0.2) is 172 Å². The Hall–Kier alpha value is -20.2. The first-order valence-electron chi connectivity index (χ1n) is 43.8. The van der Waals surface area contributed by atoms with Gasteiger partial charge in [-0.25, -0.2) is 68.3 Å². The van der Waals surface area contributed by atoms with E-state index < -0.39 is 35.9 Å². The number of pyridine rings is 14. The average molecular weight is 1960 g/mol. The zero-order chi connectivity index (χ0) is 102. The molecular formula is C102H79F6N31O7. The summed E-state index contributed by atoms with van der Waals surface area (Å²) in [6, 6.07) is 56.8. The molecule has 44 heteroatoms. The van der Waals surface area contributed by atoms with Crippen LogP contribution < -0.4 is 36.1 Å². The third kappa shape index (κ3) is 25.8. The number of halogens is 6. The Morgan fingerprint density at radius 2 is 0.527 bits per heavy atom. The summed E-state index contributed by atoms with van der Waals surface area (Å²) in [5.41, 5.74) is 17.3. The van der Waals surface area contributed by atoms with Crippen molar-refractivity contribution >= 4 is 58.6 Å². The predicted octanol–water partition coefficient (Wildman–Crippen LogP) is 17.7. The van der Waals surface area contributed by atoms with Crippen molar-refractivity contribution in [1.29, 1.82) is 0 Å². The van der Waals surface area contributed by atoms with Gasteiger partial charge < -0.3 is 36.1 Å². The molecule has 20 heterocycles. The number of alkyl halides is 6. The standard InChI is InChI=1S/C21H15F3N6O2.C21H15F3N6O.C21H18N6O2.C20H16N6O.C19H15N7O/c1-13-9-17(14-3-2-8-25-10-14)29-30(13)16-5-6-18(26-12-16)28-20(31)15-4-7-19(27-11-15)32-21(22,23)24;1-13-9-17(14-3-2-8-25-10-14)29-30(13)16-5-7-19(27-12-16)28-20(31)15-4-6-18(26-11-15)21(22,23)24;1-14-10-18(15-4-3-9-22-11-15)26-27(14)17-6-7-19(23-13-17)25-21(28)16-5-8-20(29-2)24-12-16;1-14-10-18(15-4-2-8-21-11-15)25-26(14)17-6-7-19(23-13-17)24-20(27)16-5-3-9-22-12-16;1-13-7-17(14-3-2-6-20-8-14)25-26(13)16-4-5-18(23-11-16)24-19(27)15-9-21-12-22-10-15/h2-12H,1H3,(H,26,28,31);2-12H,1H3,(H,27,28,31);3-13H,1-2H3,(H,23,25,28);2-13H,1H3,(H,23,24,27);2-12H,1H3,(H,23,24,27). The van der Waals surface area contributed by atoms with Gasteiger partial charge in [0.05, 0.1) is 123 Å². The molecule has 726 valence electrons. The zero-order valence-corrected chi connectivity index (χ0v) is 77.6. The second kappa shape index (κ2) is 45.6. The summed E-state index contributed by atoms with van der Waals surface area (Å²) < 4.78 is 91.9. The number of amides is 5. The third-order valence-electron chi connectivity index (χ3n) is 20.9. The van der Waals surface area contributed by atoms with Gasteiger partial charge in [-0.3, -0.25) is 58.9 Å². The molecule has 20 rings (SSSR count). The van der Waals surface area contributed by atoms with E-state index in [1.807, 2.05) is 148 Å². The Morgan fingerprint density at radius 3 is 0.753 bits per heavy atom. The maximum Gasteiger partial charge on any atom is 0.574 e. The van der Waals surface area contributed by atoms with Crippen LogP contribution >= 0.6 is 0 Å². The Labute approximate surface area is 825 Å². The highest BCUT2D eigenvalue weighted by Crippen LogP contribution is 2.31. The minimum absolute atomic E-state index is 0.0112. The van der Waals surface area contributed by atoms with E-state index in [2.05, 4.69) is 137 Å². The van der Waals surface area contributed by atoms with Gasteiger partial charge in [-0.1, -0.05) is 0 Å². The summed E-state index contributed by atoms with van der Waals surface area (Å²) in [5, 5.41) is 36.3. The first kappa shape index (κ1) is 98.8. The van der Waals surface area contributed by atoms with Crippen LogP contribution in [0.3, 0.4) is 0 Å². The molecule has 0 aliphatic carbocycles. The Balaban J connectivity index is 0.000000131. The van der Waals surface area contributed by atoms with Crippen LogP contribution in [0.2, 0.25) is 0 Å². The van der Waals surface area contributed by atoms with Crippen LogP contribution in [0, 0.1) is 34.6 Å². The fourth-order valence-electron chi connectivity index (χ4n) is 13.8. The maximum atomic E-state index is 12.6. The molecule has 0 aliphatic rings. The molecule has 146 heavy (non-hydrogen) atoms. The number of aromatic nitrogens is 26. The third-order valence-corrected chi connectivity index (χ3v) is 20.9. The number of hydrogen-bond acceptors (Lipinski definition) is 28. The molecule has 20 aromatic rings. The lowest BCUT2D eigenvalue weighted by molar-refractivity contribution is -0.276. The molecule has 0 bridgehead atoms. The van der Waals surface area contributed by atoms with Gasteiger partial charge in [0.2, 0.25) is 11.8 Å². The van der Waals surface area contributed by atoms with Crippen LogP contribution in [0.4, 0.5) is 55.4 Å². The monoisotopic (exact) mass is 1960 g/mol. The normalized spacial score (nSPS) is 10.9. The first-order valence-corrected chi connectivity index (χ1v) is 43.8. The molecule has 0 saturated carbocycles. The molecule has 0 spiro atoms. The number of carbonyl (C=O) groups is 5. The molecule has 38 nitrogen and oxygen atoms in total. The number of ether oxygens (including phenoxy) is 2. The Morgan fingerprint density at radius 1 is 0.267 bits per heavy atom. The number of carbonyl (C=O) groups excluding carboxylic acids is 5. The smallest absolute Gasteiger partial charge is 0.481 e. The SMILES string of the molecule is COc1ccc(C(=O)Nc2ccc(-n3nc(-c4cccnc4)cc3C)cn2)cn1.Cc1cc(-c2cccnc2)nn1-c1ccc(NC(=O)c2ccc(C(F)(F)F)nc2)nc1.Cc1cc(-c2cccnc2)nn1-c1ccc(NC(=O)c2ccc(OC(F)(F)F)nc2)nc1.Cc1cc(-c2cccnc2)nn1-c1ccc(NC(=O)c2cccnc2)nc1.Cc1cc(-c2cccnc2)nn1-c1ccc(NC(=O)c2cncnc2)nc1. The molecule has 0 aromatic carbocycles. The van der Waals surface area contributed by atoms with Gasteiger partial charge in [-0.2, -0.15) is 38.7 Å². The summed E-state index contributed by atoms with van der Waals surface area (Å²) in [6.45, 7) is 9.73. The van der Waals surface area contributed by atoms with Gasteiger partial charge in [0.15, 0.2) is 0 Å². The summed E-state index contributed by atoms with van der Waals surface area (Å²) in [4.78, 5) is 125. The molecule has 20 aromatic heterocycles. The van der Waals surface area contributed by atoms with Crippen LogP contribution in [0.5, 0.6) is 11.8 Å². The van der Waals surface area contributed by atoms with Crippen molar-refractivity contribution in [3.8, 4) is 96.5 Å². The zero-order valence-electron chi connectivity index (χ0n) is 77.6. The van der Waals surface area contributed by atoms with Gasteiger partial charge in [0.1, 0.15) is 41.1 Å². The van der Waals surface area contributed by atoms with E-state index in [0.717, 1.165) is 132 Å². The lowest BCUT2D eigenvalue weighted by Gasteiger charge is -2.09.